The zero-order valence-electron chi connectivity index (χ0n) is 13.5. The van der Waals surface area contributed by atoms with Gasteiger partial charge in [-0.25, -0.2) is 4.39 Å². The Morgan fingerprint density at radius 2 is 1.88 bits per heavy atom. The molecule has 1 heterocycles. The Morgan fingerprint density at radius 3 is 2.46 bits per heavy atom. The van der Waals surface area contributed by atoms with Gasteiger partial charge in [0.25, 0.3) is 0 Å². The maximum Gasteiger partial charge on any atom is 0.314 e. The van der Waals surface area contributed by atoms with Crippen molar-refractivity contribution in [1.29, 1.82) is 0 Å². The minimum absolute atomic E-state index is 0.143. The van der Waals surface area contributed by atoms with Gasteiger partial charge in [0.2, 0.25) is 0 Å². The van der Waals surface area contributed by atoms with Crippen molar-refractivity contribution in [3.8, 4) is 17.1 Å². The smallest absolute Gasteiger partial charge is 0.314 e. The third-order valence-corrected chi connectivity index (χ3v) is 3.68. The van der Waals surface area contributed by atoms with Crippen LogP contribution in [0.15, 0.2) is 40.8 Å². The number of halogens is 1. The van der Waals surface area contributed by atoms with Gasteiger partial charge in [-0.05, 0) is 51.1 Å². The summed E-state index contributed by atoms with van der Waals surface area (Å²) in [6.45, 7) is 5.47. The maximum absolute atomic E-state index is 13.1. The van der Waals surface area contributed by atoms with Gasteiger partial charge >= 0.3 is 5.69 Å². The van der Waals surface area contributed by atoms with Crippen LogP contribution in [0.3, 0.4) is 0 Å². The Hall–Kier alpha value is -2.89. The molecule has 0 atom stereocenters. The second-order valence-corrected chi connectivity index (χ2v) is 5.80. The first-order valence-corrected chi connectivity index (χ1v) is 7.51. The summed E-state index contributed by atoms with van der Waals surface area (Å²) < 4.78 is 24.5. The average Bonchev–Trinajstić information content (AvgIpc) is 2.83. The number of nitrogens with zero attached hydrogens (tertiary/aromatic N) is 1. The predicted molar refractivity (Wildman–Crippen MR) is 88.8 cm³/mol. The molecule has 0 unspecified atom stereocenters. The molecule has 0 saturated heterocycles. The fourth-order valence-corrected chi connectivity index (χ4v) is 2.60. The molecule has 0 N–H and O–H groups in total. The van der Waals surface area contributed by atoms with Gasteiger partial charge in [0, 0.05) is 16.5 Å². The molecule has 0 radical (unpaired) electrons. The lowest BCUT2D eigenvalue weighted by atomic mass is 10.1. The monoisotopic (exact) mass is 329 g/mol. The summed E-state index contributed by atoms with van der Waals surface area (Å²) in [5.41, 5.74) is 1.78. The van der Waals surface area contributed by atoms with Crippen molar-refractivity contribution in [3.63, 3.8) is 0 Å². The van der Waals surface area contributed by atoms with E-state index in [1.54, 1.807) is 32.0 Å². The minimum atomic E-state index is -0.493. The number of benzene rings is 2. The number of nitro groups is 1. The molecule has 0 fully saturated rings. The predicted octanol–water partition coefficient (Wildman–Crippen LogP) is 5.24. The molecule has 2 aromatic carbocycles. The van der Waals surface area contributed by atoms with Crippen LogP contribution in [0.1, 0.15) is 19.4 Å². The molecule has 0 spiro atoms. The number of rotatable bonds is 4. The number of nitro benzene ring substituents is 1. The number of furan rings is 1. The summed E-state index contributed by atoms with van der Waals surface area (Å²) >= 11 is 0. The van der Waals surface area contributed by atoms with E-state index in [4.69, 9.17) is 9.15 Å². The molecule has 24 heavy (non-hydrogen) atoms. The highest BCUT2D eigenvalue weighted by atomic mass is 19.1. The molecule has 3 aromatic rings. The van der Waals surface area contributed by atoms with Crippen LogP contribution in [0.5, 0.6) is 5.75 Å². The van der Waals surface area contributed by atoms with Crippen molar-refractivity contribution in [2.75, 3.05) is 0 Å². The highest BCUT2D eigenvalue weighted by Crippen LogP contribution is 2.39. The number of hydrogen-bond donors (Lipinski definition) is 0. The van der Waals surface area contributed by atoms with Crippen LogP contribution in [-0.2, 0) is 0 Å². The first kappa shape index (κ1) is 16.0. The first-order valence-electron chi connectivity index (χ1n) is 7.51. The van der Waals surface area contributed by atoms with Crippen molar-refractivity contribution in [3.05, 3.63) is 57.9 Å². The Morgan fingerprint density at radius 1 is 1.21 bits per heavy atom. The molecule has 124 valence electrons. The zero-order chi connectivity index (χ0) is 17.4. The standard InChI is InChI=1S/C18H16FNO4/c1-10(2)23-17-8-14-11(3)18(12-4-6-13(19)7-5-12)24-16(14)9-15(17)20(21)22/h4-10H,1-3H3. The van der Waals surface area contributed by atoms with Crippen molar-refractivity contribution in [2.45, 2.75) is 26.9 Å². The van der Waals surface area contributed by atoms with Gasteiger partial charge in [-0.15, -0.1) is 0 Å². The van der Waals surface area contributed by atoms with E-state index < -0.39 is 4.92 Å². The van der Waals surface area contributed by atoms with Gasteiger partial charge in [0.05, 0.1) is 17.1 Å². The summed E-state index contributed by atoms with van der Waals surface area (Å²) in [6.07, 6.45) is -0.190. The topological polar surface area (TPSA) is 65.5 Å². The molecule has 0 amide bonds. The van der Waals surface area contributed by atoms with Gasteiger partial charge in [-0.2, -0.15) is 0 Å². The van der Waals surface area contributed by atoms with E-state index in [-0.39, 0.29) is 23.4 Å². The van der Waals surface area contributed by atoms with Gasteiger partial charge < -0.3 is 9.15 Å². The van der Waals surface area contributed by atoms with E-state index in [1.807, 2.05) is 6.92 Å². The molecule has 0 bridgehead atoms. The number of fused-ring (bicyclic) bond motifs is 1. The third kappa shape index (κ3) is 2.82. The molecule has 3 rings (SSSR count). The lowest BCUT2D eigenvalue weighted by molar-refractivity contribution is -0.385. The highest BCUT2D eigenvalue weighted by Gasteiger charge is 2.22. The SMILES string of the molecule is Cc1c(-c2ccc(F)cc2)oc2cc([N+](=O)[O-])c(OC(C)C)cc12. The normalized spacial score (nSPS) is 11.2. The maximum atomic E-state index is 13.1. The quantitative estimate of drug-likeness (QED) is 0.485. The Kier molecular flexibility index (Phi) is 3.97. The van der Waals surface area contributed by atoms with Crippen LogP contribution in [0.2, 0.25) is 0 Å². The summed E-state index contributed by atoms with van der Waals surface area (Å²) in [5, 5.41) is 12.0. The molecule has 6 heteroatoms. The Labute approximate surface area is 137 Å². The zero-order valence-corrected chi connectivity index (χ0v) is 13.5. The van der Waals surface area contributed by atoms with E-state index in [2.05, 4.69) is 0 Å². The highest BCUT2D eigenvalue weighted by molar-refractivity contribution is 5.90. The van der Waals surface area contributed by atoms with E-state index in [1.165, 1.54) is 18.2 Å². The van der Waals surface area contributed by atoms with E-state index in [0.717, 1.165) is 10.9 Å². The van der Waals surface area contributed by atoms with Crippen molar-refractivity contribution >= 4 is 16.7 Å². The van der Waals surface area contributed by atoms with Crippen LogP contribution < -0.4 is 4.74 Å². The molecule has 0 aliphatic heterocycles. The molecule has 5 nitrogen and oxygen atoms in total. The molecule has 0 aliphatic rings. The molecule has 1 aromatic heterocycles. The van der Waals surface area contributed by atoms with Gasteiger partial charge in [0.15, 0.2) is 5.75 Å². The van der Waals surface area contributed by atoms with Crippen molar-refractivity contribution in [1.82, 2.24) is 0 Å². The fourth-order valence-electron chi connectivity index (χ4n) is 2.60. The third-order valence-electron chi connectivity index (χ3n) is 3.68. The lowest BCUT2D eigenvalue weighted by Gasteiger charge is -2.09. The van der Waals surface area contributed by atoms with Crippen LogP contribution in [0.25, 0.3) is 22.3 Å². The second kappa shape index (κ2) is 5.96. The Balaban J connectivity index is 2.20. The summed E-state index contributed by atoms with van der Waals surface area (Å²) in [6, 6.07) is 8.90. The Bertz CT molecular complexity index is 913. The van der Waals surface area contributed by atoms with Crippen LogP contribution in [0, 0.1) is 22.9 Å². The van der Waals surface area contributed by atoms with Crippen molar-refractivity contribution < 1.29 is 18.5 Å². The van der Waals surface area contributed by atoms with Crippen LogP contribution in [-0.4, -0.2) is 11.0 Å². The summed E-state index contributed by atoms with van der Waals surface area (Å²) in [7, 11) is 0. The summed E-state index contributed by atoms with van der Waals surface area (Å²) in [5.74, 6) is 0.425. The van der Waals surface area contributed by atoms with E-state index >= 15 is 0 Å². The first-order chi connectivity index (χ1) is 11.4. The van der Waals surface area contributed by atoms with Crippen LogP contribution >= 0.6 is 0 Å². The molecule has 0 saturated carbocycles. The van der Waals surface area contributed by atoms with Gasteiger partial charge in [0.1, 0.15) is 17.2 Å². The number of aryl methyl sites for hydroxylation is 1. The molecular formula is C18H16FNO4. The molecule has 0 aliphatic carbocycles. The average molecular weight is 329 g/mol. The van der Waals surface area contributed by atoms with Crippen molar-refractivity contribution in [2.24, 2.45) is 0 Å². The van der Waals surface area contributed by atoms with Gasteiger partial charge in [-0.3, -0.25) is 10.1 Å². The van der Waals surface area contributed by atoms with Gasteiger partial charge in [-0.1, -0.05) is 0 Å². The minimum Gasteiger partial charge on any atom is -0.484 e. The summed E-state index contributed by atoms with van der Waals surface area (Å²) in [4.78, 5) is 10.8. The fraction of sp³-hybridized carbons (Fsp3) is 0.222. The van der Waals surface area contributed by atoms with E-state index in [9.17, 15) is 14.5 Å². The molecular weight excluding hydrogens is 313 g/mol. The number of hydrogen-bond acceptors (Lipinski definition) is 4. The largest absolute Gasteiger partial charge is 0.484 e. The van der Waals surface area contributed by atoms with E-state index in [0.29, 0.717) is 16.9 Å². The number of ether oxygens (including phenoxy) is 1. The van der Waals surface area contributed by atoms with Crippen LogP contribution in [0.4, 0.5) is 10.1 Å². The second-order valence-electron chi connectivity index (χ2n) is 5.80. The lowest BCUT2D eigenvalue weighted by Crippen LogP contribution is -2.07.